The number of pyridine rings is 1. The fourth-order valence-corrected chi connectivity index (χ4v) is 9.24. The molecule has 2 amide bonds. The molecule has 3 N–H and O–H groups in total. The van der Waals surface area contributed by atoms with Gasteiger partial charge in [0, 0.05) is 68.0 Å². The van der Waals surface area contributed by atoms with E-state index in [2.05, 4.69) is 40.9 Å². The van der Waals surface area contributed by atoms with E-state index in [0.717, 1.165) is 54.3 Å². The predicted octanol–water partition coefficient (Wildman–Crippen LogP) is 9.45. The molecule has 68 heavy (non-hydrogen) atoms. The van der Waals surface area contributed by atoms with Crippen molar-refractivity contribution in [3.8, 4) is 22.7 Å². The van der Waals surface area contributed by atoms with E-state index in [0.29, 0.717) is 59.7 Å². The van der Waals surface area contributed by atoms with Gasteiger partial charge in [-0.1, -0.05) is 48.3 Å². The van der Waals surface area contributed by atoms with Crippen LogP contribution < -0.4 is 10.6 Å². The summed E-state index contributed by atoms with van der Waals surface area (Å²) in [5.74, 6) is 0.0961. The second kappa shape index (κ2) is 19.4. The number of likely N-dealkylation sites (tertiary alicyclic amines) is 2. The Kier molecular flexibility index (Phi) is 13.6. The number of aromatic amines is 1. The van der Waals surface area contributed by atoms with Crippen LogP contribution in [0.2, 0.25) is 0 Å². The lowest BCUT2D eigenvalue weighted by molar-refractivity contribution is -0.138. The van der Waals surface area contributed by atoms with E-state index in [1.54, 1.807) is 17.0 Å². The second-order valence-electron chi connectivity index (χ2n) is 17.9. The number of nitrogens with one attached hydrogen (secondary N) is 3. The maximum Gasteiger partial charge on any atom is 0.419 e. The predicted molar refractivity (Wildman–Crippen MR) is 240 cm³/mol. The fraction of sp³-hybridized carbons (Fsp3) is 0.417. The first-order valence-electron chi connectivity index (χ1n) is 22.4. The van der Waals surface area contributed by atoms with Crippen LogP contribution in [0.15, 0.2) is 77.7 Å². The Hall–Kier alpha value is -6.86. The average molecular weight is 944 g/mol. The molecule has 5 atom stereocenters. The zero-order valence-corrected chi connectivity index (χ0v) is 38.0. The minimum Gasteiger partial charge on any atom is -0.368 e. The lowest BCUT2D eigenvalue weighted by atomic mass is 9.78. The number of benzene rings is 2. The molecular weight excluding hydrogens is 893 g/mol. The number of aryl methyl sites for hydroxylation is 3. The number of alkyl halides is 6. The summed E-state index contributed by atoms with van der Waals surface area (Å²) in [5, 5.41) is 17.9. The number of halogens is 6. The van der Waals surface area contributed by atoms with E-state index in [4.69, 9.17) is 9.51 Å². The molecule has 2 saturated heterocycles. The fourth-order valence-electron chi connectivity index (χ4n) is 9.24. The Morgan fingerprint density at radius 1 is 0.750 bits per heavy atom. The molecule has 4 aromatic heterocycles. The van der Waals surface area contributed by atoms with Gasteiger partial charge in [0.15, 0.2) is 5.82 Å². The highest BCUT2D eigenvalue weighted by Crippen LogP contribution is 2.37. The number of rotatable bonds is 12. The molecule has 358 valence electrons. The van der Waals surface area contributed by atoms with Crippen LogP contribution in [0, 0.1) is 38.5 Å². The highest BCUT2D eigenvalue weighted by atomic mass is 19.4. The Balaban J connectivity index is 1.02. The minimum absolute atomic E-state index is 0.0174. The summed E-state index contributed by atoms with van der Waals surface area (Å²) in [6.45, 7) is 10.9. The molecule has 6 heterocycles. The van der Waals surface area contributed by atoms with Crippen molar-refractivity contribution in [2.75, 3.05) is 36.8 Å². The van der Waals surface area contributed by atoms with E-state index in [-0.39, 0.29) is 66.4 Å². The number of hydrogen-bond acceptors (Lipinski definition) is 11. The van der Waals surface area contributed by atoms with Gasteiger partial charge >= 0.3 is 12.4 Å². The number of carbonyl (C=O) groups excluding carboxylic acids is 2. The van der Waals surface area contributed by atoms with Gasteiger partial charge in [-0.2, -0.15) is 36.4 Å². The third kappa shape index (κ3) is 10.5. The van der Waals surface area contributed by atoms with Gasteiger partial charge in [-0.25, -0.2) is 15.0 Å². The summed E-state index contributed by atoms with van der Waals surface area (Å²) in [6.07, 6.45) is -4.38. The first-order valence-corrected chi connectivity index (χ1v) is 22.4. The number of H-pyrrole nitrogens is 1. The van der Waals surface area contributed by atoms with Gasteiger partial charge < -0.3 is 25.0 Å². The lowest BCUT2D eigenvalue weighted by Gasteiger charge is -2.44. The summed E-state index contributed by atoms with van der Waals surface area (Å²) in [7, 11) is 0. The van der Waals surface area contributed by atoms with Crippen molar-refractivity contribution in [3.05, 3.63) is 118 Å². The standard InChI is InChI=1S/C48H51F6N11O3/c1-26-8-11-34(38-19-29(4)61-62-38)36(17-26)44(66)65-16-14-31(30(5)40(65)25-56-41-13-10-32(21-55-41)47(49,50)51)20-42-60-43(68-63-42)35-12-9-27(2)18-37(35)45(67)64-15-6-7-28(3)39(64)24-59-46-57-22-33(23-58-46)48(52,53)54/h8-13,17-19,21-23,28,30-31,39-40H,6-7,14-16,20,24-25H2,1-5H3,(H,55,56)(H,61,62)(H,57,58,59). The van der Waals surface area contributed by atoms with Gasteiger partial charge in [0.05, 0.1) is 40.0 Å². The molecule has 0 spiro atoms. The monoisotopic (exact) mass is 943 g/mol. The largest absolute Gasteiger partial charge is 0.419 e. The third-order valence-electron chi connectivity index (χ3n) is 13.1. The van der Waals surface area contributed by atoms with E-state index >= 15 is 0 Å². The molecule has 0 aliphatic carbocycles. The van der Waals surface area contributed by atoms with Crippen LogP contribution in [0.5, 0.6) is 0 Å². The van der Waals surface area contributed by atoms with Crippen LogP contribution in [0.3, 0.4) is 0 Å². The summed E-state index contributed by atoms with van der Waals surface area (Å²) in [6, 6.07) is 14.3. The summed E-state index contributed by atoms with van der Waals surface area (Å²) in [5.41, 5.74) is 3.27. The topological polar surface area (TPSA) is 171 Å². The Labute approximate surface area is 388 Å². The van der Waals surface area contributed by atoms with Gasteiger partial charge in [-0.3, -0.25) is 14.7 Å². The van der Waals surface area contributed by atoms with Crippen molar-refractivity contribution in [2.24, 2.45) is 17.8 Å². The van der Waals surface area contributed by atoms with E-state index in [1.165, 1.54) is 6.07 Å². The molecule has 0 saturated carbocycles. The molecule has 8 rings (SSSR count). The van der Waals surface area contributed by atoms with E-state index in [9.17, 15) is 35.9 Å². The molecule has 14 nitrogen and oxygen atoms in total. The normalized spacial score (nSPS) is 20.1. The molecule has 2 fully saturated rings. The van der Waals surface area contributed by atoms with Crippen molar-refractivity contribution >= 4 is 23.6 Å². The Bertz CT molecular complexity index is 2740. The van der Waals surface area contributed by atoms with Crippen LogP contribution in [-0.2, 0) is 18.8 Å². The van der Waals surface area contributed by atoms with Crippen LogP contribution in [-0.4, -0.2) is 95.2 Å². The van der Waals surface area contributed by atoms with Crippen molar-refractivity contribution in [1.82, 2.24) is 45.1 Å². The molecule has 2 aliphatic rings. The van der Waals surface area contributed by atoms with Crippen LogP contribution in [0.4, 0.5) is 38.1 Å². The van der Waals surface area contributed by atoms with Crippen molar-refractivity contribution in [3.63, 3.8) is 0 Å². The van der Waals surface area contributed by atoms with Gasteiger partial charge in [-0.15, -0.1) is 0 Å². The first kappa shape index (κ1) is 47.6. The highest BCUT2D eigenvalue weighted by Gasteiger charge is 2.40. The number of piperidine rings is 2. The van der Waals surface area contributed by atoms with E-state index in [1.807, 2.05) is 69.9 Å². The van der Waals surface area contributed by atoms with Gasteiger partial charge in [0.2, 0.25) is 5.95 Å². The maximum atomic E-state index is 14.7. The SMILES string of the molecule is Cc1ccc(-c2cc(C)[nH]n2)c(C(=O)N2CCC(Cc3noc(-c4ccc(C)cc4C(=O)N4CCCC(C)C4CNc4ncc(C(F)(F)F)cn4)n3)C(C)C2CNc2ccc(C(F)(F)F)cn2)c1. The number of amides is 2. The van der Waals surface area contributed by atoms with Crippen molar-refractivity contribution in [2.45, 2.75) is 84.7 Å². The van der Waals surface area contributed by atoms with Gasteiger partial charge in [0.25, 0.3) is 17.7 Å². The molecule has 6 aromatic rings. The van der Waals surface area contributed by atoms with Crippen LogP contribution in [0.25, 0.3) is 22.7 Å². The minimum atomic E-state index is -4.57. The number of carbonyl (C=O) groups is 2. The molecule has 5 unspecified atom stereocenters. The summed E-state index contributed by atoms with van der Waals surface area (Å²) in [4.78, 5) is 49.3. The van der Waals surface area contributed by atoms with Crippen LogP contribution in [0.1, 0.15) is 87.6 Å². The Morgan fingerprint density at radius 2 is 1.38 bits per heavy atom. The number of anilines is 2. The lowest BCUT2D eigenvalue weighted by Crippen LogP contribution is -2.54. The smallest absolute Gasteiger partial charge is 0.368 e. The molecular formula is C48H51F6N11O3. The Morgan fingerprint density at radius 3 is 2.01 bits per heavy atom. The van der Waals surface area contributed by atoms with E-state index < -0.39 is 29.5 Å². The quantitative estimate of drug-likeness (QED) is 0.0999. The number of aromatic nitrogens is 7. The summed E-state index contributed by atoms with van der Waals surface area (Å²) < 4.78 is 85.3. The summed E-state index contributed by atoms with van der Waals surface area (Å²) >= 11 is 0. The second-order valence-corrected chi connectivity index (χ2v) is 17.9. The number of nitrogens with zero attached hydrogens (tertiary/aromatic N) is 8. The maximum absolute atomic E-state index is 14.7. The molecule has 2 aromatic carbocycles. The average Bonchev–Trinajstić information content (AvgIpc) is 3.96. The molecule has 0 bridgehead atoms. The number of hydrogen-bond donors (Lipinski definition) is 3. The molecule has 2 aliphatic heterocycles. The van der Waals surface area contributed by atoms with Gasteiger partial charge in [0.1, 0.15) is 5.82 Å². The van der Waals surface area contributed by atoms with Crippen molar-refractivity contribution < 1.29 is 40.5 Å². The van der Waals surface area contributed by atoms with Gasteiger partial charge in [-0.05, 0) is 94.2 Å². The zero-order valence-electron chi connectivity index (χ0n) is 38.0. The van der Waals surface area contributed by atoms with Crippen molar-refractivity contribution in [1.29, 1.82) is 0 Å². The third-order valence-corrected chi connectivity index (χ3v) is 13.1. The molecule has 0 radical (unpaired) electrons. The van der Waals surface area contributed by atoms with Crippen LogP contribution >= 0.6 is 0 Å². The first-order chi connectivity index (χ1) is 32.3. The highest BCUT2D eigenvalue weighted by molar-refractivity contribution is 6.01. The zero-order chi connectivity index (χ0) is 48.5. The molecule has 20 heteroatoms.